The van der Waals surface area contributed by atoms with Crippen molar-refractivity contribution >= 4 is 42.7 Å². The van der Waals surface area contributed by atoms with Gasteiger partial charge >= 0.3 is 7.60 Å². The minimum atomic E-state index is -4.66. The van der Waals surface area contributed by atoms with Crippen LogP contribution in [0, 0.1) is 0 Å². The first-order valence-electron chi connectivity index (χ1n) is 10.4. The third kappa shape index (κ3) is 7.71. The molecule has 190 valence electrons. The molecule has 14 heteroatoms. The van der Waals surface area contributed by atoms with E-state index in [-0.39, 0.29) is 5.30 Å². The van der Waals surface area contributed by atoms with Crippen molar-refractivity contribution in [3.63, 3.8) is 0 Å². The first-order chi connectivity index (χ1) is 16.6. The van der Waals surface area contributed by atoms with Gasteiger partial charge in [-0.2, -0.15) is 0 Å². The van der Waals surface area contributed by atoms with E-state index in [0.717, 1.165) is 0 Å². The predicted molar refractivity (Wildman–Crippen MR) is 130 cm³/mol. The largest absolute Gasteiger partial charge is 0.487 e. The van der Waals surface area contributed by atoms with Crippen molar-refractivity contribution in [2.45, 2.75) is 0 Å². The normalized spacial score (nSPS) is 13.4. The van der Waals surface area contributed by atoms with Crippen molar-refractivity contribution in [2.24, 2.45) is 0 Å². The number of fused-ring (bicyclic) bond motifs is 1. The molecule has 0 aliphatic heterocycles. The number of hydrogen-bond acceptors (Lipinski definition) is 9. The highest BCUT2D eigenvalue weighted by atomic mass is 31.2. The molecule has 4 N–H and O–H groups in total. The monoisotopic (exact) mass is 527 g/mol. The second kappa shape index (κ2) is 11.9. The topological polar surface area (TPSA) is 170 Å². The van der Waals surface area contributed by atoms with Gasteiger partial charge in [0, 0.05) is 36.7 Å². The maximum absolute atomic E-state index is 12.3. The molecule has 1 unspecified atom stereocenters. The number of ether oxygens (including phenoxy) is 4. The maximum atomic E-state index is 12.3. The van der Waals surface area contributed by atoms with Crippen LogP contribution in [0.5, 0.6) is 11.5 Å². The van der Waals surface area contributed by atoms with Gasteiger partial charge in [0.1, 0.15) is 31.3 Å². The van der Waals surface area contributed by atoms with Gasteiger partial charge in [-0.1, -0.05) is 0 Å². The molecule has 2 aromatic carbocycles. The third-order valence-electron chi connectivity index (χ3n) is 4.70. The molecular weight excluding hydrogens is 500 g/mol. The van der Waals surface area contributed by atoms with Gasteiger partial charge in [-0.15, -0.1) is 0 Å². The van der Waals surface area contributed by atoms with Crippen LogP contribution in [0.1, 0.15) is 0 Å². The first kappa shape index (κ1) is 27.0. The summed E-state index contributed by atoms with van der Waals surface area (Å²) in [5, 5.41) is 3.70. The van der Waals surface area contributed by atoms with Crippen molar-refractivity contribution in [2.75, 3.05) is 51.9 Å². The number of benzene rings is 2. The highest BCUT2D eigenvalue weighted by Gasteiger charge is 2.31. The maximum Gasteiger partial charge on any atom is 0.335 e. The molecule has 1 atom stereocenters. The molecule has 12 nitrogen and oxygen atoms in total. The van der Waals surface area contributed by atoms with Gasteiger partial charge in [-0.3, -0.25) is 9.13 Å². The summed E-state index contributed by atoms with van der Waals surface area (Å²) in [5.41, 5.74) is 1.12. The van der Waals surface area contributed by atoms with Gasteiger partial charge in [-0.25, -0.2) is 9.97 Å². The number of methoxy groups -OCH3 is 2. The Morgan fingerprint density at radius 1 is 0.857 bits per heavy atom. The molecule has 1 heterocycles. The molecule has 0 spiro atoms. The van der Waals surface area contributed by atoms with Gasteiger partial charge in [-0.05, 0) is 30.3 Å². The van der Waals surface area contributed by atoms with E-state index in [1.54, 1.807) is 26.4 Å². The Morgan fingerprint density at radius 2 is 1.46 bits per heavy atom. The van der Waals surface area contributed by atoms with Crippen LogP contribution in [0.15, 0.2) is 42.7 Å². The summed E-state index contributed by atoms with van der Waals surface area (Å²) in [4.78, 5) is 36.8. The van der Waals surface area contributed by atoms with Crippen LogP contribution in [-0.2, 0) is 18.6 Å². The van der Waals surface area contributed by atoms with Gasteiger partial charge in [0.05, 0.1) is 18.7 Å². The zero-order valence-corrected chi connectivity index (χ0v) is 20.9. The van der Waals surface area contributed by atoms with Crippen LogP contribution >= 0.6 is 15.0 Å². The van der Waals surface area contributed by atoms with Crippen LogP contribution in [0.3, 0.4) is 0 Å². The second-order valence-corrected chi connectivity index (χ2v) is 11.8. The van der Waals surface area contributed by atoms with Crippen LogP contribution in [0.25, 0.3) is 10.9 Å². The van der Waals surface area contributed by atoms with Crippen LogP contribution < -0.4 is 20.1 Å². The first-order valence-corrected chi connectivity index (χ1v) is 14.0. The number of rotatable bonds is 13. The highest BCUT2D eigenvalue weighted by Crippen LogP contribution is 2.53. The fraction of sp³-hybridized carbons (Fsp3) is 0.333. The molecule has 0 fully saturated rings. The standard InChI is InChI=1S/C21H27N3O9P2/c1-30-7-9-32-19-11-17-18(12-20(19)33-10-8-31-2)22-13-23-21(17)24-15-3-5-16(6-4-15)34(25,26)14-35(27,28)29/h3-6,11-13H,7-10,14H2,1-2H3,(H,25,26)(H,22,23,24)(H2,27,28,29). The number of anilines is 2. The Labute approximate surface area is 201 Å². The van der Waals surface area contributed by atoms with Crippen molar-refractivity contribution in [3.05, 3.63) is 42.7 Å². The molecule has 3 aromatic rings. The lowest BCUT2D eigenvalue weighted by atomic mass is 10.2. The Morgan fingerprint density at radius 3 is 2.03 bits per heavy atom. The van der Waals surface area contributed by atoms with E-state index >= 15 is 0 Å². The Kier molecular flexibility index (Phi) is 9.21. The lowest BCUT2D eigenvalue weighted by Crippen LogP contribution is -2.09. The highest BCUT2D eigenvalue weighted by molar-refractivity contribution is 7.77. The molecule has 0 radical (unpaired) electrons. The third-order valence-corrected chi connectivity index (χ3v) is 8.81. The van der Waals surface area contributed by atoms with E-state index < -0.39 is 20.9 Å². The zero-order valence-electron chi connectivity index (χ0n) is 19.2. The molecule has 1 aromatic heterocycles. The summed E-state index contributed by atoms with van der Waals surface area (Å²) in [6.45, 7) is 1.41. The summed E-state index contributed by atoms with van der Waals surface area (Å²) in [7, 11) is -5.72. The van der Waals surface area contributed by atoms with E-state index in [1.165, 1.54) is 30.6 Å². The molecule has 3 rings (SSSR count). The molecule has 0 aliphatic carbocycles. The zero-order chi connectivity index (χ0) is 25.5. The van der Waals surface area contributed by atoms with Crippen LogP contribution in [0.4, 0.5) is 11.5 Å². The average molecular weight is 527 g/mol. The fourth-order valence-electron chi connectivity index (χ4n) is 3.10. The molecule has 35 heavy (non-hydrogen) atoms. The second-order valence-electron chi connectivity index (χ2n) is 7.40. The van der Waals surface area contributed by atoms with Gasteiger partial charge in [0.15, 0.2) is 11.5 Å². The molecular formula is C21H27N3O9P2. The Balaban J connectivity index is 1.89. The molecule has 0 amide bonds. The summed E-state index contributed by atoms with van der Waals surface area (Å²) < 4.78 is 45.2. The van der Waals surface area contributed by atoms with Crippen molar-refractivity contribution < 1.29 is 42.8 Å². The SMILES string of the molecule is COCCOc1cc2ncnc(Nc3ccc(P(=O)(O)CP(=O)(O)O)cc3)c2cc1OCCOC. The number of hydrogen-bond donors (Lipinski definition) is 4. The molecule has 0 saturated heterocycles. The lowest BCUT2D eigenvalue weighted by molar-refractivity contribution is 0.132. The van der Waals surface area contributed by atoms with Crippen molar-refractivity contribution in [3.8, 4) is 11.5 Å². The van der Waals surface area contributed by atoms with Gasteiger partial charge in [0.25, 0.3) is 0 Å². The smallest absolute Gasteiger partial charge is 0.335 e. The van der Waals surface area contributed by atoms with E-state index in [2.05, 4.69) is 15.3 Å². The summed E-state index contributed by atoms with van der Waals surface area (Å²) >= 11 is 0. The minimum absolute atomic E-state index is 0.0643. The molecule has 0 aliphatic rings. The lowest BCUT2D eigenvalue weighted by Gasteiger charge is -2.16. The Bertz CT molecular complexity index is 1230. The van der Waals surface area contributed by atoms with Crippen molar-refractivity contribution in [1.29, 1.82) is 0 Å². The van der Waals surface area contributed by atoms with E-state index in [1.807, 2.05) is 0 Å². The van der Waals surface area contributed by atoms with Gasteiger partial charge < -0.3 is 38.9 Å². The van der Waals surface area contributed by atoms with E-state index in [4.69, 9.17) is 28.7 Å². The summed E-state index contributed by atoms with van der Waals surface area (Å²) in [6, 6.07) is 9.18. The molecule has 0 saturated carbocycles. The summed E-state index contributed by atoms with van der Waals surface area (Å²) in [5.74, 6) is 0.287. The average Bonchev–Trinajstić information content (AvgIpc) is 2.79. The van der Waals surface area contributed by atoms with E-state index in [0.29, 0.717) is 60.3 Å². The minimum Gasteiger partial charge on any atom is -0.487 e. The number of nitrogens with one attached hydrogen (secondary N) is 1. The van der Waals surface area contributed by atoms with Gasteiger partial charge in [0.2, 0.25) is 7.37 Å². The quantitative estimate of drug-likeness (QED) is 0.189. The van der Waals surface area contributed by atoms with Crippen molar-refractivity contribution in [1.82, 2.24) is 9.97 Å². The number of nitrogens with zero attached hydrogens (tertiary/aromatic N) is 2. The molecule has 0 bridgehead atoms. The number of aromatic nitrogens is 2. The summed E-state index contributed by atoms with van der Waals surface area (Å²) in [6.07, 6.45) is 1.38. The Hall–Kier alpha value is -2.56. The fourth-order valence-corrected chi connectivity index (χ4v) is 6.37. The predicted octanol–water partition coefficient (Wildman–Crippen LogP) is 2.45. The van der Waals surface area contributed by atoms with Crippen LogP contribution in [-0.4, -0.2) is 71.2 Å². The van der Waals surface area contributed by atoms with Crippen LogP contribution in [0.2, 0.25) is 0 Å². The van der Waals surface area contributed by atoms with E-state index in [9.17, 15) is 14.0 Å².